The molecule has 0 N–H and O–H groups in total. The maximum atomic E-state index is 11.1. The Bertz CT molecular complexity index is 265. The van der Waals surface area contributed by atoms with Crippen LogP contribution < -0.4 is 0 Å². The van der Waals surface area contributed by atoms with Crippen LogP contribution in [0.2, 0.25) is 0 Å². The van der Waals surface area contributed by atoms with Crippen molar-refractivity contribution >= 4 is 5.97 Å². The summed E-state index contributed by atoms with van der Waals surface area (Å²) in [5.74, 6) is -0.288. The van der Waals surface area contributed by atoms with Crippen LogP contribution in [0.4, 0.5) is 0 Å². The summed E-state index contributed by atoms with van der Waals surface area (Å²) < 4.78 is 4.93. The molecule has 0 heterocycles. The number of carbonyl (C=O) groups excluding carboxylic acids is 1. The molecule has 69 valence electrons. The predicted molar refractivity (Wildman–Crippen MR) is 50.8 cm³/mol. The molecule has 0 aliphatic heterocycles. The number of hydrogen-bond donors (Lipinski definition) is 0. The van der Waals surface area contributed by atoms with Gasteiger partial charge < -0.3 is 4.74 Å². The van der Waals surface area contributed by atoms with Crippen LogP contribution >= 0.6 is 0 Å². The van der Waals surface area contributed by atoms with E-state index in [-0.39, 0.29) is 11.9 Å². The summed E-state index contributed by atoms with van der Waals surface area (Å²) in [4.78, 5) is 11.1. The molecule has 0 saturated heterocycles. The van der Waals surface area contributed by atoms with Gasteiger partial charge in [0.05, 0.1) is 5.92 Å². The van der Waals surface area contributed by atoms with E-state index in [4.69, 9.17) is 4.74 Å². The summed E-state index contributed by atoms with van der Waals surface area (Å²) in [6.07, 6.45) is 0. The Hall–Kier alpha value is -1.31. The molecule has 1 rings (SSSR count). The summed E-state index contributed by atoms with van der Waals surface area (Å²) in [6.45, 7) is 5.09. The molecule has 1 radical (unpaired) electrons. The number of rotatable bonds is 3. The van der Waals surface area contributed by atoms with Crippen LogP contribution in [0.15, 0.2) is 30.3 Å². The Morgan fingerprint density at radius 2 is 1.92 bits per heavy atom. The summed E-state index contributed by atoms with van der Waals surface area (Å²) in [5.41, 5.74) is 0.900. The molecular weight excluding hydrogens is 164 g/mol. The number of ether oxygens (including phenoxy) is 1. The topological polar surface area (TPSA) is 26.3 Å². The lowest BCUT2D eigenvalue weighted by Gasteiger charge is -2.05. The molecule has 0 fully saturated rings. The Morgan fingerprint density at radius 3 is 2.46 bits per heavy atom. The minimum Gasteiger partial charge on any atom is -0.453 e. The Balaban J connectivity index is 2.40. The lowest BCUT2D eigenvalue weighted by Crippen LogP contribution is -2.10. The molecule has 0 atom stereocenters. The summed E-state index contributed by atoms with van der Waals surface area (Å²) in [5, 5.41) is 0. The van der Waals surface area contributed by atoms with Gasteiger partial charge in [0.25, 0.3) is 0 Å². The second-order valence-electron chi connectivity index (χ2n) is 3.12. The Labute approximate surface area is 78.5 Å². The number of carbonyl (C=O) groups is 1. The van der Waals surface area contributed by atoms with Crippen molar-refractivity contribution in [1.29, 1.82) is 0 Å². The summed E-state index contributed by atoms with van der Waals surface area (Å²) in [6, 6.07) is 9.48. The molecule has 0 saturated carbocycles. The van der Waals surface area contributed by atoms with E-state index in [0.717, 1.165) is 5.56 Å². The van der Waals surface area contributed by atoms with Crippen LogP contribution in [0.1, 0.15) is 19.4 Å². The van der Waals surface area contributed by atoms with E-state index in [9.17, 15) is 4.79 Å². The highest BCUT2D eigenvalue weighted by Crippen LogP contribution is 2.05. The quantitative estimate of drug-likeness (QED) is 0.663. The fourth-order valence-electron chi connectivity index (χ4n) is 0.794. The third-order valence-corrected chi connectivity index (χ3v) is 1.58. The fraction of sp³-hybridized carbons (Fsp3) is 0.273. The van der Waals surface area contributed by atoms with E-state index >= 15 is 0 Å². The molecule has 0 aliphatic carbocycles. The van der Waals surface area contributed by atoms with Crippen LogP contribution in [0.3, 0.4) is 0 Å². The number of hydrogen-bond acceptors (Lipinski definition) is 2. The maximum Gasteiger partial charge on any atom is 0.309 e. The highest BCUT2D eigenvalue weighted by atomic mass is 16.5. The Kier molecular flexibility index (Phi) is 3.50. The van der Waals surface area contributed by atoms with Gasteiger partial charge in [-0.15, -0.1) is 0 Å². The molecule has 2 heteroatoms. The SMILES string of the molecule is CC(C)C(=O)O[CH]c1ccccc1. The number of benzene rings is 1. The van der Waals surface area contributed by atoms with Crippen LogP contribution in [0.5, 0.6) is 0 Å². The van der Waals surface area contributed by atoms with Gasteiger partial charge in [-0.25, -0.2) is 0 Å². The largest absolute Gasteiger partial charge is 0.453 e. The van der Waals surface area contributed by atoms with Crippen molar-refractivity contribution in [1.82, 2.24) is 0 Å². The van der Waals surface area contributed by atoms with Gasteiger partial charge in [-0.2, -0.15) is 0 Å². The molecule has 0 bridgehead atoms. The average molecular weight is 177 g/mol. The van der Waals surface area contributed by atoms with Crippen LogP contribution in [-0.2, 0) is 9.53 Å². The van der Waals surface area contributed by atoms with Gasteiger partial charge >= 0.3 is 5.97 Å². The van der Waals surface area contributed by atoms with Crippen molar-refractivity contribution in [2.75, 3.05) is 0 Å². The zero-order valence-corrected chi connectivity index (χ0v) is 7.86. The van der Waals surface area contributed by atoms with Crippen molar-refractivity contribution in [2.24, 2.45) is 5.92 Å². The molecule has 1 aromatic rings. The molecule has 2 nitrogen and oxygen atoms in total. The lowest BCUT2D eigenvalue weighted by molar-refractivity contribution is -0.143. The van der Waals surface area contributed by atoms with Gasteiger partial charge in [0.15, 0.2) is 6.61 Å². The van der Waals surface area contributed by atoms with Crippen LogP contribution in [-0.4, -0.2) is 5.97 Å². The summed E-state index contributed by atoms with van der Waals surface area (Å²) in [7, 11) is 0. The minimum absolute atomic E-state index is 0.0834. The normalized spacial score (nSPS) is 10.1. The van der Waals surface area contributed by atoms with Crippen LogP contribution in [0, 0.1) is 12.5 Å². The average Bonchev–Trinajstić information content (AvgIpc) is 2.15. The first-order valence-corrected chi connectivity index (χ1v) is 4.29. The predicted octanol–water partition coefficient (Wildman–Crippen LogP) is 2.40. The lowest BCUT2D eigenvalue weighted by atomic mass is 10.2. The zero-order valence-electron chi connectivity index (χ0n) is 7.86. The standard InChI is InChI=1S/C11H13O2/c1-9(2)11(12)13-8-10-6-4-3-5-7-10/h3-9H,1-2H3. The van der Waals surface area contributed by atoms with Gasteiger partial charge in [-0.1, -0.05) is 44.2 Å². The molecule has 1 aromatic carbocycles. The van der Waals surface area contributed by atoms with Gasteiger partial charge in [-0.3, -0.25) is 4.79 Å². The van der Waals surface area contributed by atoms with E-state index < -0.39 is 0 Å². The van der Waals surface area contributed by atoms with E-state index in [1.165, 1.54) is 6.61 Å². The second kappa shape index (κ2) is 4.65. The zero-order chi connectivity index (χ0) is 9.68. The third-order valence-electron chi connectivity index (χ3n) is 1.58. The molecule has 0 aliphatic rings. The smallest absolute Gasteiger partial charge is 0.309 e. The van der Waals surface area contributed by atoms with E-state index in [1.54, 1.807) is 13.8 Å². The van der Waals surface area contributed by atoms with Gasteiger partial charge in [0.1, 0.15) is 0 Å². The second-order valence-corrected chi connectivity index (χ2v) is 3.12. The Morgan fingerprint density at radius 1 is 1.31 bits per heavy atom. The third kappa shape index (κ3) is 3.28. The highest BCUT2D eigenvalue weighted by Gasteiger charge is 2.07. The first-order valence-electron chi connectivity index (χ1n) is 4.29. The van der Waals surface area contributed by atoms with Gasteiger partial charge in [0.2, 0.25) is 0 Å². The molecule has 0 unspecified atom stereocenters. The van der Waals surface area contributed by atoms with E-state index in [1.807, 2.05) is 30.3 Å². The highest BCUT2D eigenvalue weighted by molar-refractivity contribution is 5.72. The van der Waals surface area contributed by atoms with Crippen LogP contribution in [0.25, 0.3) is 0 Å². The maximum absolute atomic E-state index is 11.1. The molecule has 13 heavy (non-hydrogen) atoms. The van der Waals surface area contributed by atoms with Crippen molar-refractivity contribution in [3.63, 3.8) is 0 Å². The van der Waals surface area contributed by atoms with Gasteiger partial charge in [-0.05, 0) is 5.56 Å². The molecule has 0 spiro atoms. The number of esters is 1. The van der Waals surface area contributed by atoms with Gasteiger partial charge in [0, 0.05) is 0 Å². The minimum atomic E-state index is -0.205. The van der Waals surface area contributed by atoms with E-state index in [2.05, 4.69) is 0 Å². The van der Waals surface area contributed by atoms with Crippen molar-refractivity contribution in [2.45, 2.75) is 13.8 Å². The monoisotopic (exact) mass is 177 g/mol. The van der Waals surface area contributed by atoms with E-state index in [0.29, 0.717) is 0 Å². The van der Waals surface area contributed by atoms with Crippen molar-refractivity contribution in [3.8, 4) is 0 Å². The molecular formula is C11H13O2. The van der Waals surface area contributed by atoms with Crippen molar-refractivity contribution < 1.29 is 9.53 Å². The molecule has 0 aromatic heterocycles. The first kappa shape index (κ1) is 9.78. The fourth-order valence-corrected chi connectivity index (χ4v) is 0.794. The molecule has 0 amide bonds. The van der Waals surface area contributed by atoms with Crippen molar-refractivity contribution in [3.05, 3.63) is 42.5 Å². The summed E-state index contributed by atoms with van der Waals surface area (Å²) >= 11 is 0. The first-order chi connectivity index (χ1) is 6.20.